The standard InChI is InChI=1S/C53H40N4/c1-3-20-37(21-4-2)51-52(38-22-8-5-9-23-38)57(53(54-51)39-24-10-6-11-25-39)42-35-40(55-47-30-13-7-12-26-43(47)44-27-14-17-31-48(44)55)34-41(36-42)56-49-32-18-15-28-45(49)46-29-16-19-33-50(46)56/h3-25,27-36H,1,26H2,2H3/b21-4-,37-20+. The largest absolute Gasteiger partial charge is 0.309 e. The summed E-state index contributed by atoms with van der Waals surface area (Å²) in [5.74, 6) is 0.856. The number of para-hydroxylation sites is 3. The van der Waals surface area contributed by atoms with E-state index in [4.69, 9.17) is 4.98 Å². The maximum Gasteiger partial charge on any atom is 0.145 e. The lowest BCUT2D eigenvalue weighted by Gasteiger charge is -2.19. The number of hydrogen-bond donors (Lipinski definition) is 0. The Morgan fingerprint density at radius 2 is 1.14 bits per heavy atom. The Morgan fingerprint density at radius 1 is 0.596 bits per heavy atom. The summed E-state index contributed by atoms with van der Waals surface area (Å²) in [4.78, 5) is 5.55. The molecule has 0 bridgehead atoms. The summed E-state index contributed by atoms with van der Waals surface area (Å²) in [6.07, 6.45) is 17.8. The van der Waals surface area contributed by atoms with E-state index >= 15 is 0 Å². The van der Waals surface area contributed by atoms with Gasteiger partial charge in [0.25, 0.3) is 0 Å². The van der Waals surface area contributed by atoms with Crippen LogP contribution in [0.2, 0.25) is 0 Å². The monoisotopic (exact) mass is 732 g/mol. The maximum atomic E-state index is 5.55. The average Bonchev–Trinajstić information content (AvgIpc) is 3.85. The van der Waals surface area contributed by atoms with E-state index in [1.54, 1.807) is 0 Å². The van der Waals surface area contributed by atoms with E-state index in [9.17, 15) is 0 Å². The van der Waals surface area contributed by atoms with E-state index in [1.807, 2.05) is 13.0 Å². The Labute approximate surface area is 332 Å². The van der Waals surface area contributed by atoms with Crippen molar-refractivity contribution in [3.05, 3.63) is 218 Å². The Kier molecular flexibility index (Phi) is 8.57. The third-order valence-corrected chi connectivity index (χ3v) is 11.0. The molecule has 0 spiro atoms. The molecule has 4 heteroatoms. The quantitative estimate of drug-likeness (QED) is 0.143. The summed E-state index contributed by atoms with van der Waals surface area (Å²) in [6, 6.07) is 54.5. The predicted molar refractivity (Wildman–Crippen MR) is 240 cm³/mol. The summed E-state index contributed by atoms with van der Waals surface area (Å²) in [5.41, 5.74) is 14.1. The van der Waals surface area contributed by atoms with Gasteiger partial charge in [-0.2, -0.15) is 0 Å². The van der Waals surface area contributed by atoms with E-state index < -0.39 is 0 Å². The molecule has 6 aromatic carbocycles. The fraction of sp³-hybridized carbons (Fsp3) is 0.0377. The minimum atomic E-state index is 0.856. The highest BCUT2D eigenvalue weighted by Crippen LogP contribution is 2.41. The van der Waals surface area contributed by atoms with E-state index in [-0.39, 0.29) is 0 Å². The van der Waals surface area contributed by atoms with Gasteiger partial charge in [-0.1, -0.05) is 164 Å². The van der Waals surface area contributed by atoms with Crippen LogP contribution in [-0.2, 0) is 6.42 Å². The molecular formula is C53H40N4. The van der Waals surface area contributed by atoms with Crippen molar-refractivity contribution in [1.29, 1.82) is 0 Å². The molecule has 4 nitrogen and oxygen atoms in total. The van der Waals surface area contributed by atoms with Crippen molar-refractivity contribution in [3.8, 4) is 39.7 Å². The van der Waals surface area contributed by atoms with E-state index in [1.165, 1.54) is 32.9 Å². The third-order valence-electron chi connectivity index (χ3n) is 11.0. The number of benzene rings is 6. The smallest absolute Gasteiger partial charge is 0.145 e. The van der Waals surface area contributed by atoms with Crippen LogP contribution < -0.4 is 0 Å². The SMILES string of the molecule is C=C/C=C(\C=C/C)c1nc(-c2ccccc2)n(-c2cc(-n3c4c(c5ccccc53)CC=CC=C4)cc(-n3c4ccccc4c4ccccc43)c2)c1-c1ccccc1. The van der Waals surface area contributed by atoms with Gasteiger partial charge in [0.2, 0.25) is 0 Å². The molecule has 0 atom stereocenters. The summed E-state index contributed by atoms with van der Waals surface area (Å²) >= 11 is 0. The van der Waals surface area contributed by atoms with E-state index in [0.29, 0.717) is 0 Å². The van der Waals surface area contributed by atoms with Gasteiger partial charge in [0.1, 0.15) is 5.82 Å². The fourth-order valence-electron chi connectivity index (χ4n) is 8.61. The maximum absolute atomic E-state index is 5.55. The number of allylic oxidation sites excluding steroid dienone is 8. The van der Waals surface area contributed by atoms with Gasteiger partial charge in [0.05, 0.1) is 50.7 Å². The highest BCUT2D eigenvalue weighted by Gasteiger charge is 2.25. The second-order valence-electron chi connectivity index (χ2n) is 14.3. The van der Waals surface area contributed by atoms with Crippen molar-refractivity contribution in [1.82, 2.24) is 18.7 Å². The average molecular weight is 733 g/mol. The minimum absolute atomic E-state index is 0.856. The van der Waals surface area contributed by atoms with Crippen LogP contribution in [0.3, 0.4) is 0 Å². The van der Waals surface area contributed by atoms with Crippen LogP contribution in [0.5, 0.6) is 0 Å². The summed E-state index contributed by atoms with van der Waals surface area (Å²) in [5, 5.41) is 3.71. The van der Waals surface area contributed by atoms with E-state index in [2.05, 4.69) is 214 Å². The second kappa shape index (κ2) is 14.3. The minimum Gasteiger partial charge on any atom is -0.309 e. The first-order chi connectivity index (χ1) is 28.2. The lowest BCUT2D eigenvalue weighted by Crippen LogP contribution is -2.06. The van der Waals surface area contributed by atoms with Gasteiger partial charge in [-0.05, 0) is 61.4 Å². The van der Waals surface area contributed by atoms with Gasteiger partial charge in [-0.25, -0.2) is 4.98 Å². The normalized spacial score (nSPS) is 12.9. The van der Waals surface area contributed by atoms with Crippen LogP contribution >= 0.6 is 0 Å². The highest BCUT2D eigenvalue weighted by molar-refractivity contribution is 6.09. The molecule has 1 aliphatic carbocycles. The number of nitrogens with zero attached hydrogens (tertiary/aromatic N) is 4. The summed E-state index contributed by atoms with van der Waals surface area (Å²) in [7, 11) is 0. The van der Waals surface area contributed by atoms with Crippen molar-refractivity contribution >= 4 is 44.4 Å². The zero-order valence-electron chi connectivity index (χ0n) is 31.8. The van der Waals surface area contributed by atoms with Gasteiger partial charge in [0.15, 0.2) is 0 Å². The topological polar surface area (TPSA) is 27.7 Å². The number of hydrogen-bond acceptors (Lipinski definition) is 1. The summed E-state index contributed by atoms with van der Waals surface area (Å²) in [6.45, 7) is 6.14. The number of aromatic nitrogens is 4. The lowest BCUT2D eigenvalue weighted by molar-refractivity contribution is 1.03. The van der Waals surface area contributed by atoms with Crippen LogP contribution in [0, 0.1) is 0 Å². The van der Waals surface area contributed by atoms with Crippen LogP contribution in [0.4, 0.5) is 0 Å². The molecule has 3 aromatic heterocycles. The molecule has 0 radical (unpaired) electrons. The van der Waals surface area contributed by atoms with Gasteiger partial charge in [0, 0.05) is 32.9 Å². The van der Waals surface area contributed by atoms with Gasteiger partial charge in [-0.3, -0.25) is 4.57 Å². The lowest BCUT2D eigenvalue weighted by atomic mass is 10.0. The Hall–Kier alpha value is -7.43. The van der Waals surface area contributed by atoms with Crippen molar-refractivity contribution in [2.75, 3.05) is 0 Å². The van der Waals surface area contributed by atoms with Crippen LogP contribution in [0.1, 0.15) is 23.9 Å². The first kappa shape index (κ1) is 34.1. The third kappa shape index (κ3) is 5.73. The first-order valence-corrected chi connectivity index (χ1v) is 19.5. The molecule has 0 amide bonds. The van der Waals surface area contributed by atoms with Crippen molar-refractivity contribution in [2.24, 2.45) is 0 Å². The zero-order valence-corrected chi connectivity index (χ0v) is 31.8. The molecule has 0 saturated heterocycles. The molecule has 272 valence electrons. The van der Waals surface area contributed by atoms with Crippen molar-refractivity contribution < 1.29 is 0 Å². The number of imidazole rings is 1. The number of rotatable bonds is 8. The van der Waals surface area contributed by atoms with E-state index in [0.717, 1.165) is 68.4 Å². The molecule has 57 heavy (non-hydrogen) atoms. The molecule has 0 saturated carbocycles. The van der Waals surface area contributed by atoms with Crippen LogP contribution in [-0.4, -0.2) is 18.7 Å². The molecule has 10 rings (SSSR count). The van der Waals surface area contributed by atoms with Gasteiger partial charge < -0.3 is 9.13 Å². The van der Waals surface area contributed by atoms with Gasteiger partial charge >= 0.3 is 0 Å². The summed E-state index contributed by atoms with van der Waals surface area (Å²) < 4.78 is 7.23. The zero-order chi connectivity index (χ0) is 38.3. The molecule has 0 unspecified atom stereocenters. The Morgan fingerprint density at radius 3 is 1.77 bits per heavy atom. The van der Waals surface area contributed by atoms with Crippen LogP contribution in [0.15, 0.2) is 201 Å². The van der Waals surface area contributed by atoms with Gasteiger partial charge in [-0.15, -0.1) is 0 Å². The number of fused-ring (bicyclic) bond motifs is 6. The predicted octanol–water partition coefficient (Wildman–Crippen LogP) is 13.5. The van der Waals surface area contributed by atoms with Crippen LogP contribution in [0.25, 0.3) is 84.1 Å². The Bertz CT molecular complexity index is 3050. The molecule has 0 fully saturated rings. The molecule has 0 aliphatic heterocycles. The fourth-order valence-corrected chi connectivity index (χ4v) is 8.61. The first-order valence-electron chi connectivity index (χ1n) is 19.5. The second-order valence-corrected chi connectivity index (χ2v) is 14.3. The molecule has 1 aliphatic rings. The van der Waals surface area contributed by atoms with Crippen molar-refractivity contribution in [2.45, 2.75) is 13.3 Å². The highest BCUT2D eigenvalue weighted by atomic mass is 15.1. The molecule has 9 aromatic rings. The Balaban J connectivity index is 1.38. The molecular weight excluding hydrogens is 693 g/mol. The molecule has 3 heterocycles. The van der Waals surface area contributed by atoms with Crippen molar-refractivity contribution in [3.63, 3.8) is 0 Å². The molecule has 0 N–H and O–H groups in total.